The maximum atomic E-state index is 10.6. The van der Waals surface area contributed by atoms with Gasteiger partial charge in [0.15, 0.2) is 5.88 Å². The van der Waals surface area contributed by atoms with Gasteiger partial charge in [0, 0.05) is 11.1 Å². The number of carboxylic acid groups (broad SMARTS) is 1. The van der Waals surface area contributed by atoms with Crippen molar-refractivity contribution in [1.82, 2.24) is 0 Å². The van der Waals surface area contributed by atoms with E-state index in [1.165, 1.54) is 12.1 Å². The molecule has 0 bridgehead atoms. The summed E-state index contributed by atoms with van der Waals surface area (Å²) >= 11 is 11.8. The van der Waals surface area contributed by atoms with Gasteiger partial charge in [-0.3, -0.25) is 0 Å². The minimum atomic E-state index is -1.13. The summed E-state index contributed by atoms with van der Waals surface area (Å²) in [6.45, 7) is 0. The first-order valence-electron chi connectivity index (χ1n) is 4.61. The van der Waals surface area contributed by atoms with Crippen molar-refractivity contribution < 1.29 is 14.3 Å². The summed E-state index contributed by atoms with van der Waals surface area (Å²) in [6.07, 6.45) is 0. The zero-order valence-electron chi connectivity index (χ0n) is 8.41. The number of nitrogens with one attached hydrogen (secondary N) is 1. The molecule has 0 amide bonds. The predicted octanol–water partition coefficient (Wildman–Crippen LogP) is 4.03. The van der Waals surface area contributed by atoms with E-state index < -0.39 is 5.97 Å². The van der Waals surface area contributed by atoms with Crippen LogP contribution in [0.3, 0.4) is 0 Å². The first-order chi connectivity index (χ1) is 8.06. The molecule has 0 atom stereocenters. The molecule has 4 nitrogen and oxygen atoms in total. The summed E-state index contributed by atoms with van der Waals surface area (Å²) in [6, 6.07) is 7.75. The average molecular weight is 272 g/mol. The van der Waals surface area contributed by atoms with Gasteiger partial charge in [0.1, 0.15) is 0 Å². The van der Waals surface area contributed by atoms with Gasteiger partial charge in [-0.15, -0.1) is 0 Å². The van der Waals surface area contributed by atoms with Crippen molar-refractivity contribution in [3.8, 4) is 0 Å². The van der Waals surface area contributed by atoms with Crippen molar-refractivity contribution in [2.45, 2.75) is 0 Å². The van der Waals surface area contributed by atoms with Crippen LogP contribution in [0, 0.1) is 0 Å². The number of benzene rings is 1. The van der Waals surface area contributed by atoms with Gasteiger partial charge in [0.25, 0.3) is 0 Å². The third-order valence-corrected chi connectivity index (χ3v) is 2.57. The van der Waals surface area contributed by atoms with Crippen molar-refractivity contribution in [2.24, 2.45) is 0 Å². The van der Waals surface area contributed by atoms with Crippen LogP contribution in [0.2, 0.25) is 10.0 Å². The summed E-state index contributed by atoms with van der Waals surface area (Å²) < 4.78 is 5.03. The highest BCUT2D eigenvalue weighted by atomic mass is 35.5. The number of furan rings is 1. The van der Waals surface area contributed by atoms with Crippen LogP contribution < -0.4 is 5.32 Å². The van der Waals surface area contributed by atoms with Crippen LogP contribution in [0.5, 0.6) is 0 Å². The van der Waals surface area contributed by atoms with Crippen LogP contribution in [0.1, 0.15) is 10.6 Å². The largest absolute Gasteiger partial charge is 0.475 e. The monoisotopic (exact) mass is 271 g/mol. The topological polar surface area (TPSA) is 62.5 Å². The van der Waals surface area contributed by atoms with Gasteiger partial charge in [0.2, 0.25) is 5.76 Å². The van der Waals surface area contributed by atoms with Crippen molar-refractivity contribution in [3.05, 3.63) is 46.1 Å². The molecule has 1 heterocycles. The molecule has 17 heavy (non-hydrogen) atoms. The molecule has 0 aliphatic rings. The molecule has 0 aliphatic heterocycles. The highest BCUT2D eigenvalue weighted by Crippen LogP contribution is 2.29. The van der Waals surface area contributed by atoms with E-state index in [4.69, 9.17) is 32.7 Å². The molecule has 2 rings (SSSR count). The maximum Gasteiger partial charge on any atom is 0.371 e. The fourth-order valence-corrected chi connectivity index (χ4v) is 1.58. The third kappa shape index (κ3) is 2.72. The first-order valence-corrected chi connectivity index (χ1v) is 5.37. The highest BCUT2D eigenvalue weighted by Gasteiger charge is 2.10. The zero-order chi connectivity index (χ0) is 12.4. The number of aromatic carboxylic acids is 1. The number of hydrogen-bond acceptors (Lipinski definition) is 3. The van der Waals surface area contributed by atoms with Crippen molar-refractivity contribution in [2.75, 3.05) is 5.32 Å². The molecule has 88 valence electrons. The second-order valence-electron chi connectivity index (χ2n) is 3.22. The lowest BCUT2D eigenvalue weighted by Crippen LogP contribution is -1.93. The molecule has 0 fully saturated rings. The van der Waals surface area contributed by atoms with E-state index in [1.807, 2.05) is 0 Å². The smallest absolute Gasteiger partial charge is 0.371 e. The number of halogens is 2. The van der Waals surface area contributed by atoms with Crippen LogP contribution in [-0.2, 0) is 0 Å². The molecular formula is C11H7Cl2NO3. The zero-order valence-corrected chi connectivity index (χ0v) is 9.92. The summed E-state index contributed by atoms with van der Waals surface area (Å²) in [5.41, 5.74) is 0.547. The van der Waals surface area contributed by atoms with Crippen LogP contribution in [-0.4, -0.2) is 11.1 Å². The van der Waals surface area contributed by atoms with E-state index in [-0.39, 0.29) is 11.6 Å². The quantitative estimate of drug-likeness (QED) is 0.885. The lowest BCUT2D eigenvalue weighted by Gasteiger charge is -2.05. The van der Waals surface area contributed by atoms with Gasteiger partial charge < -0.3 is 14.8 Å². The van der Waals surface area contributed by atoms with E-state index in [1.54, 1.807) is 18.2 Å². The molecule has 2 aromatic rings. The van der Waals surface area contributed by atoms with Crippen molar-refractivity contribution in [3.63, 3.8) is 0 Å². The van der Waals surface area contributed by atoms with Crippen molar-refractivity contribution >= 4 is 40.7 Å². The van der Waals surface area contributed by atoms with Gasteiger partial charge in [-0.2, -0.15) is 0 Å². The van der Waals surface area contributed by atoms with Gasteiger partial charge in [-0.1, -0.05) is 23.2 Å². The molecule has 1 aromatic carbocycles. The lowest BCUT2D eigenvalue weighted by atomic mass is 10.3. The summed E-state index contributed by atoms with van der Waals surface area (Å²) in [5, 5.41) is 12.5. The molecular weight excluding hydrogens is 265 g/mol. The van der Waals surface area contributed by atoms with Crippen LogP contribution >= 0.6 is 23.2 Å². The van der Waals surface area contributed by atoms with Gasteiger partial charge in [-0.25, -0.2) is 4.79 Å². The third-order valence-electron chi connectivity index (χ3n) is 2.00. The molecule has 0 radical (unpaired) electrons. The Balaban J connectivity index is 2.25. The van der Waals surface area contributed by atoms with Gasteiger partial charge >= 0.3 is 5.97 Å². The van der Waals surface area contributed by atoms with E-state index in [9.17, 15) is 4.79 Å². The predicted molar refractivity (Wildman–Crippen MR) is 65.4 cm³/mol. The fourth-order valence-electron chi connectivity index (χ4n) is 1.25. The number of carbonyl (C=O) groups is 1. The molecule has 0 unspecified atom stereocenters. The Kier molecular flexibility index (Phi) is 3.26. The van der Waals surface area contributed by atoms with Crippen LogP contribution in [0.15, 0.2) is 34.7 Å². The molecule has 1 aromatic heterocycles. The standard InChI is InChI=1S/C11H7Cl2NO3/c12-6-1-2-7(13)8(5-6)14-10-4-3-9(17-10)11(15)16/h1-5,14H,(H,15,16). The van der Waals surface area contributed by atoms with E-state index >= 15 is 0 Å². The Morgan fingerprint density at radius 2 is 2.00 bits per heavy atom. The number of rotatable bonds is 3. The molecule has 0 saturated carbocycles. The number of anilines is 2. The van der Waals surface area contributed by atoms with Gasteiger partial charge in [-0.05, 0) is 24.3 Å². The molecule has 0 spiro atoms. The average Bonchev–Trinajstić information content (AvgIpc) is 2.72. The SMILES string of the molecule is O=C(O)c1ccc(Nc2cc(Cl)ccc2Cl)o1. The van der Waals surface area contributed by atoms with Crippen molar-refractivity contribution in [1.29, 1.82) is 0 Å². The molecule has 2 N–H and O–H groups in total. The fraction of sp³-hybridized carbons (Fsp3) is 0. The number of hydrogen-bond donors (Lipinski definition) is 2. The van der Waals surface area contributed by atoms with E-state index in [2.05, 4.69) is 5.32 Å². The molecule has 6 heteroatoms. The van der Waals surface area contributed by atoms with Gasteiger partial charge in [0.05, 0.1) is 10.7 Å². The minimum Gasteiger partial charge on any atom is -0.475 e. The highest BCUT2D eigenvalue weighted by molar-refractivity contribution is 6.35. The van der Waals surface area contributed by atoms with Crippen LogP contribution in [0.4, 0.5) is 11.6 Å². The van der Waals surface area contributed by atoms with Crippen LogP contribution in [0.25, 0.3) is 0 Å². The summed E-state index contributed by atoms with van der Waals surface area (Å²) in [4.78, 5) is 10.6. The first kappa shape index (κ1) is 11.8. The number of carboxylic acids is 1. The summed E-state index contributed by atoms with van der Waals surface area (Å²) in [7, 11) is 0. The second kappa shape index (κ2) is 4.69. The Labute approximate surface area is 107 Å². The molecule has 0 aliphatic carbocycles. The Morgan fingerprint density at radius 1 is 1.24 bits per heavy atom. The Hall–Kier alpha value is -1.65. The lowest BCUT2D eigenvalue weighted by molar-refractivity contribution is 0.0663. The van der Waals surface area contributed by atoms with E-state index in [0.717, 1.165) is 0 Å². The molecule has 0 saturated heterocycles. The normalized spacial score (nSPS) is 10.2. The second-order valence-corrected chi connectivity index (χ2v) is 4.06. The maximum absolute atomic E-state index is 10.6. The Bertz CT molecular complexity index is 566. The van der Waals surface area contributed by atoms with E-state index in [0.29, 0.717) is 15.7 Å². The Morgan fingerprint density at radius 3 is 2.65 bits per heavy atom. The summed E-state index contributed by atoms with van der Waals surface area (Å²) in [5.74, 6) is -0.993. The minimum absolute atomic E-state index is 0.148.